The second-order valence-corrected chi connectivity index (χ2v) is 7.26. The van der Waals surface area contributed by atoms with E-state index in [4.69, 9.17) is 0 Å². The predicted octanol–water partition coefficient (Wildman–Crippen LogP) is 5.03. The third-order valence-electron chi connectivity index (χ3n) is 3.86. The van der Waals surface area contributed by atoms with Crippen LogP contribution in [0.1, 0.15) is 58.1 Å². The van der Waals surface area contributed by atoms with Gasteiger partial charge in [-0.2, -0.15) is 0 Å². The van der Waals surface area contributed by atoms with Gasteiger partial charge in [0, 0.05) is 17.0 Å². The maximum Gasteiger partial charge on any atom is 0.0341 e. The molecule has 2 unspecified atom stereocenters. The molecule has 0 aliphatic carbocycles. The molecule has 0 radical (unpaired) electrons. The van der Waals surface area contributed by atoms with Crippen molar-refractivity contribution >= 4 is 11.8 Å². The number of benzene rings is 1. The quantitative estimate of drug-likeness (QED) is 0.783. The van der Waals surface area contributed by atoms with E-state index >= 15 is 0 Å². The van der Waals surface area contributed by atoms with Gasteiger partial charge in [0.25, 0.3) is 0 Å². The van der Waals surface area contributed by atoms with E-state index in [-0.39, 0.29) is 0 Å². The molecule has 1 aromatic carbocycles. The van der Waals surface area contributed by atoms with Gasteiger partial charge >= 0.3 is 0 Å². The molecule has 1 aliphatic heterocycles. The lowest BCUT2D eigenvalue weighted by Crippen LogP contribution is -2.32. The summed E-state index contributed by atoms with van der Waals surface area (Å²) in [6.07, 6.45) is 5.25. The van der Waals surface area contributed by atoms with Crippen molar-refractivity contribution in [3.8, 4) is 0 Å². The number of hydrogen-bond donors (Lipinski definition) is 1. The molecule has 1 heterocycles. The lowest BCUT2D eigenvalue weighted by molar-refractivity contribution is 0.400. The molecule has 106 valence electrons. The summed E-state index contributed by atoms with van der Waals surface area (Å²) in [5.74, 6) is 2.08. The average Bonchev–Trinajstić information content (AvgIpc) is 2.39. The highest BCUT2D eigenvalue weighted by molar-refractivity contribution is 7.99. The van der Waals surface area contributed by atoms with E-state index in [9.17, 15) is 0 Å². The van der Waals surface area contributed by atoms with E-state index in [1.54, 1.807) is 0 Å². The molecule has 2 heteroatoms. The van der Waals surface area contributed by atoms with Crippen LogP contribution in [0.4, 0.5) is 0 Å². The van der Waals surface area contributed by atoms with Gasteiger partial charge in [0.1, 0.15) is 0 Å². The summed E-state index contributed by atoms with van der Waals surface area (Å²) in [6, 6.07) is 10.1. The Labute approximate surface area is 122 Å². The van der Waals surface area contributed by atoms with Crippen molar-refractivity contribution in [2.24, 2.45) is 5.92 Å². The summed E-state index contributed by atoms with van der Waals surface area (Å²) >= 11 is 2.00. The van der Waals surface area contributed by atoms with Crippen LogP contribution in [0.5, 0.6) is 0 Å². The van der Waals surface area contributed by atoms with Gasteiger partial charge in [-0.15, -0.1) is 11.8 Å². The maximum atomic E-state index is 3.84. The average molecular weight is 277 g/mol. The highest BCUT2D eigenvalue weighted by atomic mass is 32.2. The molecule has 1 aromatic rings. The van der Waals surface area contributed by atoms with Crippen LogP contribution in [-0.2, 0) is 0 Å². The minimum absolute atomic E-state index is 0.562. The highest BCUT2D eigenvalue weighted by Gasteiger charge is 2.21. The monoisotopic (exact) mass is 277 g/mol. The minimum atomic E-state index is 0.562. The highest BCUT2D eigenvalue weighted by Crippen LogP contribution is 2.36. The summed E-state index contributed by atoms with van der Waals surface area (Å²) < 4.78 is 0. The number of hydrogen-bond acceptors (Lipinski definition) is 2. The lowest BCUT2D eigenvalue weighted by atomic mass is 10.00. The molecule has 0 amide bonds. The smallest absolute Gasteiger partial charge is 0.0341 e. The second kappa shape index (κ2) is 7.35. The van der Waals surface area contributed by atoms with Crippen LogP contribution in [0, 0.1) is 5.92 Å². The van der Waals surface area contributed by atoms with Crippen molar-refractivity contribution in [3.05, 3.63) is 29.8 Å². The van der Waals surface area contributed by atoms with Crippen molar-refractivity contribution < 1.29 is 0 Å². The Hall–Kier alpha value is -0.470. The summed E-state index contributed by atoms with van der Waals surface area (Å²) in [5.41, 5.74) is 1.51. The van der Waals surface area contributed by atoms with E-state index < -0.39 is 0 Å². The molecule has 0 aromatic heterocycles. The number of rotatable bonds is 6. The maximum absolute atomic E-state index is 3.84. The zero-order valence-corrected chi connectivity index (χ0v) is 13.3. The molecule has 1 N–H and O–H groups in total. The molecule has 1 aliphatic rings. The van der Waals surface area contributed by atoms with Crippen molar-refractivity contribution in [2.45, 2.75) is 63.4 Å². The van der Waals surface area contributed by atoms with Crippen LogP contribution in [-0.4, -0.2) is 11.8 Å². The van der Waals surface area contributed by atoms with E-state index in [2.05, 4.69) is 50.4 Å². The Kier molecular flexibility index (Phi) is 5.77. The topological polar surface area (TPSA) is 12.0 Å². The van der Waals surface area contributed by atoms with Crippen LogP contribution in [0.3, 0.4) is 0 Å². The van der Waals surface area contributed by atoms with Gasteiger partial charge in [0.15, 0.2) is 0 Å². The fourth-order valence-corrected chi connectivity index (χ4v) is 3.90. The first-order valence-electron chi connectivity index (χ1n) is 7.64. The van der Waals surface area contributed by atoms with Crippen molar-refractivity contribution in [2.75, 3.05) is 5.75 Å². The molecule has 19 heavy (non-hydrogen) atoms. The van der Waals surface area contributed by atoms with Gasteiger partial charge in [0.05, 0.1) is 0 Å². The summed E-state index contributed by atoms with van der Waals surface area (Å²) in [4.78, 5) is 1.47. The van der Waals surface area contributed by atoms with E-state index in [0.717, 1.165) is 5.92 Å². The number of fused-ring (bicyclic) bond motifs is 1. The summed E-state index contributed by atoms with van der Waals surface area (Å²) in [7, 11) is 0. The first kappa shape index (κ1) is 14.9. The molecule has 1 nitrogen and oxygen atoms in total. The van der Waals surface area contributed by atoms with Crippen LogP contribution < -0.4 is 5.32 Å². The molecule has 0 bridgehead atoms. The first-order chi connectivity index (χ1) is 9.16. The van der Waals surface area contributed by atoms with Crippen molar-refractivity contribution in [1.29, 1.82) is 0 Å². The SMILES string of the molecule is CC(C)CCCC(C)NC1CCSc2ccccc21. The number of thioether (sulfide) groups is 1. The summed E-state index contributed by atoms with van der Waals surface area (Å²) in [6.45, 7) is 6.96. The van der Waals surface area contributed by atoms with Crippen LogP contribution in [0.15, 0.2) is 29.2 Å². The fraction of sp³-hybridized carbons (Fsp3) is 0.647. The van der Waals surface area contributed by atoms with Crippen LogP contribution in [0.2, 0.25) is 0 Å². The van der Waals surface area contributed by atoms with Gasteiger partial charge < -0.3 is 5.32 Å². The molecule has 2 rings (SSSR count). The van der Waals surface area contributed by atoms with Gasteiger partial charge in [-0.1, -0.05) is 44.9 Å². The largest absolute Gasteiger partial charge is 0.307 e. The van der Waals surface area contributed by atoms with Crippen molar-refractivity contribution in [1.82, 2.24) is 5.32 Å². The fourth-order valence-electron chi connectivity index (χ4n) is 2.77. The minimum Gasteiger partial charge on any atom is -0.307 e. The molecular formula is C17H27NS. The molecule has 0 spiro atoms. The molecule has 2 atom stereocenters. The molecule has 0 saturated carbocycles. The molecular weight excluding hydrogens is 250 g/mol. The second-order valence-electron chi connectivity index (χ2n) is 6.12. The van der Waals surface area contributed by atoms with Crippen LogP contribution >= 0.6 is 11.8 Å². The molecule has 0 fully saturated rings. The van der Waals surface area contributed by atoms with Gasteiger partial charge in [-0.25, -0.2) is 0 Å². The third-order valence-corrected chi connectivity index (χ3v) is 4.99. The number of nitrogens with one attached hydrogen (secondary N) is 1. The Morgan fingerprint density at radius 1 is 1.21 bits per heavy atom. The Bertz CT molecular complexity index is 389. The normalized spacial score (nSPS) is 20.3. The summed E-state index contributed by atoms with van der Waals surface area (Å²) in [5, 5.41) is 3.84. The Morgan fingerprint density at radius 3 is 2.79 bits per heavy atom. The lowest BCUT2D eigenvalue weighted by Gasteiger charge is -2.29. The first-order valence-corrected chi connectivity index (χ1v) is 8.63. The predicted molar refractivity (Wildman–Crippen MR) is 85.8 cm³/mol. The van der Waals surface area contributed by atoms with Gasteiger partial charge in [-0.05, 0) is 43.1 Å². The van der Waals surface area contributed by atoms with E-state index in [1.807, 2.05) is 11.8 Å². The van der Waals surface area contributed by atoms with E-state index in [0.29, 0.717) is 12.1 Å². The van der Waals surface area contributed by atoms with Gasteiger partial charge in [0.2, 0.25) is 0 Å². The zero-order chi connectivity index (χ0) is 13.7. The third kappa shape index (κ3) is 4.54. The van der Waals surface area contributed by atoms with Gasteiger partial charge in [-0.3, -0.25) is 0 Å². The van der Waals surface area contributed by atoms with Crippen molar-refractivity contribution in [3.63, 3.8) is 0 Å². The van der Waals surface area contributed by atoms with Crippen LogP contribution in [0.25, 0.3) is 0 Å². The standard InChI is InChI=1S/C17H27NS/c1-13(2)7-6-8-14(3)18-16-11-12-19-17-10-5-4-9-15(16)17/h4-5,9-10,13-14,16,18H,6-8,11-12H2,1-3H3. The Balaban J connectivity index is 1.86. The Morgan fingerprint density at radius 2 is 2.00 bits per heavy atom. The zero-order valence-electron chi connectivity index (χ0n) is 12.5. The molecule has 0 saturated heterocycles. The van der Waals surface area contributed by atoms with E-state index in [1.165, 1.54) is 41.9 Å².